The van der Waals surface area contributed by atoms with Crippen LogP contribution in [-0.2, 0) is 11.3 Å². The van der Waals surface area contributed by atoms with Gasteiger partial charge in [-0.3, -0.25) is 4.90 Å². The summed E-state index contributed by atoms with van der Waals surface area (Å²) in [7, 11) is 1.64. The molecule has 0 aliphatic heterocycles. The number of nitrogens with two attached hydrogens (primary N) is 1. The Kier molecular flexibility index (Phi) is 7.23. The molecule has 0 unspecified atom stereocenters. The first-order chi connectivity index (χ1) is 9.02. The van der Waals surface area contributed by atoms with E-state index in [2.05, 4.69) is 4.90 Å². The van der Waals surface area contributed by atoms with Gasteiger partial charge in [0.25, 0.3) is 0 Å². The number of benzene rings is 1. The van der Waals surface area contributed by atoms with Crippen LogP contribution in [0.15, 0.2) is 18.2 Å². The zero-order chi connectivity index (χ0) is 14.3. The van der Waals surface area contributed by atoms with E-state index in [-0.39, 0.29) is 5.82 Å². The van der Waals surface area contributed by atoms with E-state index < -0.39 is 0 Å². The van der Waals surface area contributed by atoms with Gasteiger partial charge in [-0.1, -0.05) is 23.8 Å². The summed E-state index contributed by atoms with van der Waals surface area (Å²) >= 11 is 10.9. The number of methoxy groups -OCH3 is 1. The maximum atomic E-state index is 13.2. The molecule has 0 radical (unpaired) electrons. The maximum absolute atomic E-state index is 13.2. The highest BCUT2D eigenvalue weighted by atomic mass is 35.5. The lowest BCUT2D eigenvalue weighted by Crippen LogP contribution is -2.30. The fraction of sp³-hybridized carbons (Fsp3) is 0.462. The van der Waals surface area contributed by atoms with Crippen molar-refractivity contribution in [2.24, 2.45) is 5.73 Å². The summed E-state index contributed by atoms with van der Waals surface area (Å²) in [5.41, 5.74) is 6.25. The Labute approximate surface area is 123 Å². The molecule has 6 heteroatoms. The molecule has 106 valence electrons. The van der Waals surface area contributed by atoms with E-state index in [1.165, 1.54) is 12.1 Å². The van der Waals surface area contributed by atoms with Crippen molar-refractivity contribution in [3.8, 4) is 0 Å². The highest BCUT2D eigenvalue weighted by molar-refractivity contribution is 7.80. The van der Waals surface area contributed by atoms with Crippen LogP contribution in [0.5, 0.6) is 0 Å². The molecule has 0 spiro atoms. The number of nitrogens with zero attached hydrogens (tertiary/aromatic N) is 1. The Hall–Kier alpha value is -0.750. The van der Waals surface area contributed by atoms with Gasteiger partial charge in [0.1, 0.15) is 5.82 Å². The normalized spacial score (nSPS) is 10.9. The summed E-state index contributed by atoms with van der Waals surface area (Å²) < 4.78 is 18.3. The summed E-state index contributed by atoms with van der Waals surface area (Å²) in [6.45, 7) is 2.55. The number of hydrogen-bond acceptors (Lipinski definition) is 3. The van der Waals surface area contributed by atoms with Crippen LogP contribution in [0, 0.1) is 5.82 Å². The molecule has 0 aliphatic carbocycles. The lowest BCUT2D eigenvalue weighted by atomic mass is 10.2. The minimum atomic E-state index is -0.291. The Morgan fingerprint density at radius 1 is 1.47 bits per heavy atom. The van der Waals surface area contributed by atoms with Gasteiger partial charge in [-0.15, -0.1) is 0 Å². The molecule has 3 nitrogen and oxygen atoms in total. The van der Waals surface area contributed by atoms with Crippen LogP contribution in [0.4, 0.5) is 4.39 Å². The van der Waals surface area contributed by atoms with Crippen molar-refractivity contribution in [2.75, 3.05) is 26.8 Å². The van der Waals surface area contributed by atoms with Gasteiger partial charge < -0.3 is 10.5 Å². The van der Waals surface area contributed by atoms with Crippen molar-refractivity contribution in [3.63, 3.8) is 0 Å². The maximum Gasteiger partial charge on any atom is 0.123 e. The standard InChI is InChI=1S/C13H18ClFN2OS/c1-18-7-6-17(5-4-13(16)19)9-10-8-11(15)2-3-12(10)14/h2-3,8H,4-7,9H2,1H3,(H2,16,19). The van der Waals surface area contributed by atoms with Gasteiger partial charge >= 0.3 is 0 Å². The van der Waals surface area contributed by atoms with E-state index in [1.807, 2.05) is 0 Å². The molecule has 1 rings (SSSR count). The van der Waals surface area contributed by atoms with Crippen LogP contribution in [0.1, 0.15) is 12.0 Å². The molecule has 1 aromatic rings. The number of halogens is 2. The van der Waals surface area contributed by atoms with Crippen molar-refractivity contribution in [1.82, 2.24) is 4.90 Å². The Balaban J connectivity index is 2.68. The Morgan fingerprint density at radius 3 is 2.84 bits per heavy atom. The van der Waals surface area contributed by atoms with Crippen LogP contribution in [0.25, 0.3) is 0 Å². The third-order valence-corrected chi connectivity index (χ3v) is 3.26. The second-order valence-electron chi connectivity index (χ2n) is 4.22. The third kappa shape index (κ3) is 6.29. The topological polar surface area (TPSA) is 38.5 Å². The molecule has 0 saturated heterocycles. The van der Waals surface area contributed by atoms with E-state index in [1.54, 1.807) is 13.2 Å². The van der Waals surface area contributed by atoms with Gasteiger partial charge in [-0.25, -0.2) is 4.39 Å². The van der Waals surface area contributed by atoms with Gasteiger partial charge in [0.15, 0.2) is 0 Å². The lowest BCUT2D eigenvalue weighted by molar-refractivity contribution is 0.146. The smallest absolute Gasteiger partial charge is 0.123 e. The van der Waals surface area contributed by atoms with Gasteiger partial charge in [0, 0.05) is 38.2 Å². The van der Waals surface area contributed by atoms with Crippen LogP contribution in [0.3, 0.4) is 0 Å². The van der Waals surface area contributed by atoms with Crippen LogP contribution >= 0.6 is 23.8 Å². The molecule has 0 atom stereocenters. The average Bonchev–Trinajstić information content (AvgIpc) is 2.36. The van der Waals surface area contributed by atoms with Crippen LogP contribution in [0.2, 0.25) is 5.02 Å². The van der Waals surface area contributed by atoms with Crippen molar-refractivity contribution >= 4 is 28.8 Å². The van der Waals surface area contributed by atoms with Gasteiger partial charge in [-0.2, -0.15) is 0 Å². The molecule has 1 aromatic carbocycles. The predicted molar refractivity (Wildman–Crippen MR) is 80.0 cm³/mol. The first-order valence-electron chi connectivity index (χ1n) is 5.96. The monoisotopic (exact) mass is 304 g/mol. The van der Waals surface area contributed by atoms with Crippen LogP contribution in [-0.4, -0.2) is 36.7 Å². The highest BCUT2D eigenvalue weighted by Crippen LogP contribution is 2.19. The van der Waals surface area contributed by atoms with E-state index >= 15 is 0 Å². The number of ether oxygens (including phenoxy) is 1. The fourth-order valence-corrected chi connectivity index (χ4v) is 1.93. The van der Waals surface area contributed by atoms with Gasteiger partial charge in [0.05, 0.1) is 11.6 Å². The number of thiocarbonyl (C=S) groups is 1. The molecular weight excluding hydrogens is 287 g/mol. The minimum absolute atomic E-state index is 0.291. The molecule has 0 bridgehead atoms. The number of hydrogen-bond donors (Lipinski definition) is 1. The molecule has 2 N–H and O–H groups in total. The average molecular weight is 305 g/mol. The van der Waals surface area contributed by atoms with Crippen molar-refractivity contribution in [1.29, 1.82) is 0 Å². The number of rotatable bonds is 8. The summed E-state index contributed by atoms with van der Waals surface area (Å²) in [5.74, 6) is -0.291. The van der Waals surface area contributed by atoms with Gasteiger partial charge in [0.2, 0.25) is 0 Å². The predicted octanol–water partition coefficient (Wildman–Crippen LogP) is 2.60. The Bertz CT molecular complexity index is 431. The minimum Gasteiger partial charge on any atom is -0.393 e. The quantitative estimate of drug-likeness (QED) is 0.749. The van der Waals surface area contributed by atoms with E-state index in [0.29, 0.717) is 42.7 Å². The van der Waals surface area contributed by atoms with Crippen molar-refractivity contribution < 1.29 is 9.13 Å². The van der Waals surface area contributed by atoms with Crippen LogP contribution < -0.4 is 5.73 Å². The molecule has 0 amide bonds. The lowest BCUT2D eigenvalue weighted by Gasteiger charge is -2.22. The van der Waals surface area contributed by atoms with E-state index in [0.717, 1.165) is 5.56 Å². The first-order valence-corrected chi connectivity index (χ1v) is 6.75. The zero-order valence-electron chi connectivity index (χ0n) is 10.9. The molecule has 0 saturated carbocycles. The summed E-state index contributed by atoms with van der Waals surface area (Å²) in [4.78, 5) is 2.55. The summed E-state index contributed by atoms with van der Waals surface area (Å²) in [5, 5.41) is 0.555. The second kappa shape index (κ2) is 8.43. The van der Waals surface area contributed by atoms with Gasteiger partial charge in [-0.05, 0) is 23.8 Å². The van der Waals surface area contributed by atoms with Crippen molar-refractivity contribution in [2.45, 2.75) is 13.0 Å². The second-order valence-corrected chi connectivity index (χ2v) is 5.15. The SMILES string of the molecule is COCCN(CCC(N)=S)Cc1cc(F)ccc1Cl. The molecule has 0 aliphatic rings. The molecule has 0 aromatic heterocycles. The summed E-state index contributed by atoms with van der Waals surface area (Å²) in [6.07, 6.45) is 0.617. The highest BCUT2D eigenvalue weighted by Gasteiger charge is 2.10. The summed E-state index contributed by atoms with van der Waals surface area (Å²) in [6, 6.07) is 4.36. The van der Waals surface area contributed by atoms with E-state index in [9.17, 15) is 4.39 Å². The Morgan fingerprint density at radius 2 is 2.21 bits per heavy atom. The molecular formula is C13H18ClFN2OS. The molecule has 19 heavy (non-hydrogen) atoms. The van der Waals surface area contributed by atoms with E-state index in [4.69, 9.17) is 34.3 Å². The molecule has 0 heterocycles. The largest absolute Gasteiger partial charge is 0.393 e. The molecule has 0 fully saturated rings. The fourth-order valence-electron chi connectivity index (χ4n) is 1.66. The first kappa shape index (κ1) is 16.3. The van der Waals surface area contributed by atoms with Crippen molar-refractivity contribution in [3.05, 3.63) is 34.6 Å². The zero-order valence-corrected chi connectivity index (χ0v) is 12.4. The third-order valence-electron chi connectivity index (χ3n) is 2.69.